The summed E-state index contributed by atoms with van der Waals surface area (Å²) in [4.78, 5) is 23.7. The van der Waals surface area contributed by atoms with Crippen molar-refractivity contribution in [1.82, 2.24) is 20.4 Å². The van der Waals surface area contributed by atoms with Gasteiger partial charge in [-0.3, -0.25) is 19.6 Å². The Kier molecular flexibility index (Phi) is 4.34. The van der Waals surface area contributed by atoms with Crippen LogP contribution in [0.1, 0.15) is 43.7 Å². The summed E-state index contributed by atoms with van der Waals surface area (Å²) in [7, 11) is 1.91. The van der Waals surface area contributed by atoms with Crippen LogP contribution in [0.3, 0.4) is 0 Å². The van der Waals surface area contributed by atoms with Crippen molar-refractivity contribution < 1.29 is 9.59 Å². The summed E-state index contributed by atoms with van der Waals surface area (Å²) in [5, 5.41) is 15.3. The van der Waals surface area contributed by atoms with Gasteiger partial charge in [-0.15, -0.1) is 0 Å². The van der Waals surface area contributed by atoms with E-state index in [1.165, 1.54) is 25.8 Å². The smallest absolute Gasteiger partial charge is 0.235 e. The number of aromatic nitrogens is 2. The zero-order valence-electron chi connectivity index (χ0n) is 16.2. The van der Waals surface area contributed by atoms with Gasteiger partial charge in [-0.1, -0.05) is 0 Å². The van der Waals surface area contributed by atoms with Gasteiger partial charge in [0.25, 0.3) is 0 Å². The minimum Gasteiger partial charge on any atom is -0.382 e. The molecule has 3 aliphatic rings. The van der Waals surface area contributed by atoms with Gasteiger partial charge in [0.2, 0.25) is 11.8 Å². The van der Waals surface area contributed by atoms with E-state index in [0.29, 0.717) is 18.9 Å². The molecular formula is C21H27N5O2. The van der Waals surface area contributed by atoms with E-state index in [9.17, 15) is 9.59 Å². The Morgan fingerprint density at radius 3 is 2.86 bits per heavy atom. The van der Waals surface area contributed by atoms with E-state index in [4.69, 9.17) is 0 Å². The van der Waals surface area contributed by atoms with Crippen molar-refractivity contribution in [3.05, 3.63) is 23.9 Å². The van der Waals surface area contributed by atoms with Crippen LogP contribution in [-0.2, 0) is 16.6 Å². The van der Waals surface area contributed by atoms with Gasteiger partial charge in [0.05, 0.1) is 17.1 Å². The molecule has 3 fully saturated rings. The van der Waals surface area contributed by atoms with E-state index in [-0.39, 0.29) is 17.7 Å². The molecule has 0 radical (unpaired) electrons. The van der Waals surface area contributed by atoms with Crippen LogP contribution in [0.2, 0.25) is 0 Å². The topological polar surface area (TPSA) is 88.0 Å². The number of benzene rings is 1. The zero-order valence-corrected chi connectivity index (χ0v) is 16.2. The first-order valence-corrected chi connectivity index (χ1v) is 10.4. The van der Waals surface area contributed by atoms with E-state index in [2.05, 4.69) is 39.2 Å². The van der Waals surface area contributed by atoms with Gasteiger partial charge in [-0.2, -0.15) is 5.10 Å². The molecule has 2 aromatic rings. The van der Waals surface area contributed by atoms with E-state index in [1.54, 1.807) is 0 Å². The number of anilines is 1. The third-order valence-electron chi connectivity index (χ3n) is 6.77. The molecule has 28 heavy (non-hydrogen) atoms. The normalized spacial score (nSPS) is 30.3. The Bertz CT molecular complexity index is 936. The lowest BCUT2D eigenvalue weighted by atomic mass is 9.79. The van der Waals surface area contributed by atoms with Crippen LogP contribution >= 0.6 is 0 Å². The van der Waals surface area contributed by atoms with Crippen molar-refractivity contribution in [2.24, 2.45) is 18.9 Å². The SMILES string of the molecule is Cn1nc(C2CCC(=O)NC2=O)c2ccc(NC3CCC4CNCC4C3)cc21. The van der Waals surface area contributed by atoms with Crippen molar-refractivity contribution in [3.8, 4) is 0 Å². The lowest BCUT2D eigenvalue weighted by molar-refractivity contribution is -0.134. The Morgan fingerprint density at radius 2 is 2.00 bits per heavy atom. The Labute approximate surface area is 164 Å². The van der Waals surface area contributed by atoms with E-state index >= 15 is 0 Å². The van der Waals surface area contributed by atoms with Crippen LogP contribution in [0.15, 0.2) is 18.2 Å². The molecule has 5 rings (SSSR count). The van der Waals surface area contributed by atoms with Gasteiger partial charge in [0.15, 0.2) is 0 Å². The van der Waals surface area contributed by atoms with E-state index < -0.39 is 0 Å². The van der Waals surface area contributed by atoms with Crippen molar-refractivity contribution in [2.75, 3.05) is 18.4 Å². The minimum atomic E-state index is -0.356. The largest absolute Gasteiger partial charge is 0.382 e. The maximum absolute atomic E-state index is 12.3. The highest BCUT2D eigenvalue weighted by molar-refractivity contribution is 6.02. The molecule has 7 nitrogen and oxygen atoms in total. The number of carbonyl (C=O) groups excluding carboxylic acids is 2. The maximum Gasteiger partial charge on any atom is 0.235 e. The number of hydrogen-bond donors (Lipinski definition) is 3. The molecule has 3 N–H and O–H groups in total. The van der Waals surface area contributed by atoms with Crippen LogP contribution in [0, 0.1) is 11.8 Å². The molecule has 7 heteroatoms. The second kappa shape index (κ2) is 6.88. The highest BCUT2D eigenvalue weighted by atomic mass is 16.2. The standard InChI is InChI=1S/C21H27N5O2/c1-26-18-9-15(23-14-3-2-12-10-22-11-13(12)8-14)4-5-16(18)20(25-26)17-6-7-19(27)24-21(17)28/h4-5,9,12-14,17,22-23H,2-3,6-8,10-11H2,1H3,(H,24,27,28). The molecule has 1 aliphatic carbocycles. The van der Waals surface area contributed by atoms with Crippen LogP contribution < -0.4 is 16.0 Å². The minimum absolute atomic E-state index is 0.194. The number of nitrogens with one attached hydrogen (secondary N) is 3. The number of aryl methyl sites for hydroxylation is 1. The lowest BCUT2D eigenvalue weighted by Gasteiger charge is -2.32. The van der Waals surface area contributed by atoms with Crippen molar-refractivity contribution in [3.63, 3.8) is 0 Å². The molecule has 4 unspecified atom stereocenters. The summed E-state index contributed by atoms with van der Waals surface area (Å²) in [6.45, 7) is 2.33. The molecule has 2 aliphatic heterocycles. The number of carbonyl (C=O) groups is 2. The molecule has 3 heterocycles. The first-order valence-electron chi connectivity index (χ1n) is 10.4. The van der Waals surface area contributed by atoms with Crippen molar-refractivity contribution >= 4 is 28.4 Å². The molecule has 2 saturated heterocycles. The molecule has 1 aromatic heterocycles. The number of imide groups is 1. The van der Waals surface area contributed by atoms with Crippen LogP contribution in [0.25, 0.3) is 10.9 Å². The molecular weight excluding hydrogens is 354 g/mol. The summed E-state index contributed by atoms with van der Waals surface area (Å²) in [6, 6.07) is 6.81. The van der Waals surface area contributed by atoms with Gasteiger partial charge in [0.1, 0.15) is 0 Å². The molecule has 1 saturated carbocycles. The number of piperidine rings is 1. The van der Waals surface area contributed by atoms with Crippen molar-refractivity contribution in [1.29, 1.82) is 0 Å². The number of fused-ring (bicyclic) bond motifs is 2. The van der Waals surface area contributed by atoms with Crippen LogP contribution in [0.5, 0.6) is 0 Å². The lowest BCUT2D eigenvalue weighted by Crippen LogP contribution is -2.39. The molecule has 1 aromatic carbocycles. The molecule has 0 spiro atoms. The second-order valence-corrected chi connectivity index (χ2v) is 8.58. The van der Waals surface area contributed by atoms with Crippen LogP contribution in [-0.4, -0.2) is 40.7 Å². The quantitative estimate of drug-likeness (QED) is 0.707. The van der Waals surface area contributed by atoms with E-state index in [0.717, 1.165) is 40.7 Å². The van der Waals surface area contributed by atoms with Crippen LogP contribution in [0.4, 0.5) is 5.69 Å². The summed E-state index contributed by atoms with van der Waals surface area (Å²) in [5.41, 5.74) is 2.90. The first kappa shape index (κ1) is 17.7. The summed E-state index contributed by atoms with van der Waals surface area (Å²) >= 11 is 0. The van der Waals surface area contributed by atoms with Gasteiger partial charge in [-0.05, 0) is 68.8 Å². The average Bonchev–Trinajstić information content (AvgIpc) is 3.26. The molecule has 2 amide bonds. The monoisotopic (exact) mass is 381 g/mol. The number of rotatable bonds is 3. The van der Waals surface area contributed by atoms with Gasteiger partial charge in [0, 0.05) is 30.6 Å². The summed E-state index contributed by atoms with van der Waals surface area (Å²) in [5.74, 6) is 0.866. The van der Waals surface area contributed by atoms with Crippen molar-refractivity contribution in [2.45, 2.75) is 44.1 Å². The average molecular weight is 381 g/mol. The summed E-state index contributed by atoms with van der Waals surface area (Å²) < 4.78 is 1.84. The van der Waals surface area contributed by atoms with E-state index in [1.807, 2.05) is 11.7 Å². The number of nitrogens with zero attached hydrogens (tertiary/aromatic N) is 2. The van der Waals surface area contributed by atoms with Gasteiger partial charge in [-0.25, -0.2) is 0 Å². The number of hydrogen-bond acceptors (Lipinski definition) is 5. The maximum atomic E-state index is 12.3. The highest BCUT2D eigenvalue weighted by Crippen LogP contribution is 2.35. The molecule has 0 bridgehead atoms. The highest BCUT2D eigenvalue weighted by Gasteiger charge is 2.34. The fourth-order valence-corrected chi connectivity index (χ4v) is 5.25. The number of amides is 2. The Balaban J connectivity index is 1.37. The second-order valence-electron chi connectivity index (χ2n) is 8.58. The third kappa shape index (κ3) is 3.07. The molecule has 148 valence electrons. The zero-order chi connectivity index (χ0) is 19.3. The third-order valence-corrected chi connectivity index (χ3v) is 6.77. The van der Waals surface area contributed by atoms with Gasteiger partial charge < -0.3 is 10.6 Å². The first-order chi connectivity index (χ1) is 13.6. The molecule has 4 atom stereocenters. The Morgan fingerprint density at radius 1 is 1.14 bits per heavy atom. The summed E-state index contributed by atoms with van der Waals surface area (Å²) in [6.07, 6.45) is 4.63. The fraction of sp³-hybridized carbons (Fsp3) is 0.571. The van der Waals surface area contributed by atoms with Gasteiger partial charge >= 0.3 is 0 Å². The fourth-order valence-electron chi connectivity index (χ4n) is 5.25. The Hall–Kier alpha value is -2.41. The predicted octanol–water partition coefficient (Wildman–Crippen LogP) is 1.89. The predicted molar refractivity (Wildman–Crippen MR) is 107 cm³/mol.